The Morgan fingerprint density at radius 1 is 1.43 bits per heavy atom. The van der Waals surface area contributed by atoms with Gasteiger partial charge in [-0.3, -0.25) is 4.98 Å². The Morgan fingerprint density at radius 2 is 2.21 bits per heavy atom. The molecule has 1 heterocycles. The summed E-state index contributed by atoms with van der Waals surface area (Å²) in [6.07, 6.45) is 4.92. The summed E-state index contributed by atoms with van der Waals surface area (Å²) >= 11 is 3.32. The molecule has 1 rings (SSSR count). The van der Waals surface area contributed by atoms with Crippen LogP contribution in [0.5, 0.6) is 0 Å². The highest BCUT2D eigenvalue weighted by atomic mass is 79.9. The Kier molecular flexibility index (Phi) is 5.07. The molecule has 1 atom stereocenters. The molecule has 0 aliphatic rings. The molecule has 3 nitrogen and oxygen atoms in total. The van der Waals surface area contributed by atoms with Crippen molar-refractivity contribution in [3.8, 4) is 0 Å². The largest absolute Gasteiger partial charge is 0.396 e. The van der Waals surface area contributed by atoms with Crippen LogP contribution in [0.15, 0.2) is 22.9 Å². The Morgan fingerprint density at radius 3 is 2.86 bits per heavy atom. The van der Waals surface area contributed by atoms with Gasteiger partial charge in [0.05, 0.1) is 6.10 Å². The third-order valence-electron chi connectivity index (χ3n) is 1.93. The van der Waals surface area contributed by atoms with E-state index in [0.717, 1.165) is 10.0 Å². The van der Waals surface area contributed by atoms with Gasteiger partial charge < -0.3 is 10.2 Å². The molecule has 0 saturated heterocycles. The highest BCUT2D eigenvalue weighted by Gasteiger charge is 2.05. The van der Waals surface area contributed by atoms with Gasteiger partial charge in [-0.05, 0) is 46.8 Å². The van der Waals surface area contributed by atoms with Gasteiger partial charge in [-0.2, -0.15) is 0 Å². The van der Waals surface area contributed by atoms with Crippen molar-refractivity contribution in [1.29, 1.82) is 0 Å². The summed E-state index contributed by atoms with van der Waals surface area (Å²) in [5, 5.41) is 18.2. The first kappa shape index (κ1) is 11.6. The average molecular weight is 260 g/mol. The van der Waals surface area contributed by atoms with E-state index in [1.807, 2.05) is 6.07 Å². The molecule has 1 aromatic heterocycles. The quantitative estimate of drug-likeness (QED) is 0.843. The molecule has 0 fully saturated rings. The normalized spacial score (nSPS) is 12.8. The first-order chi connectivity index (χ1) is 6.72. The molecule has 0 aromatic carbocycles. The fraction of sp³-hybridized carbons (Fsp3) is 0.500. The van der Waals surface area contributed by atoms with Crippen molar-refractivity contribution in [3.63, 3.8) is 0 Å². The fourth-order valence-corrected chi connectivity index (χ4v) is 1.68. The van der Waals surface area contributed by atoms with Crippen molar-refractivity contribution in [2.75, 3.05) is 6.61 Å². The van der Waals surface area contributed by atoms with Gasteiger partial charge in [0.1, 0.15) is 0 Å². The molecule has 78 valence electrons. The molecule has 0 saturated carbocycles. The lowest BCUT2D eigenvalue weighted by atomic mass is 10.1. The summed E-state index contributed by atoms with van der Waals surface area (Å²) in [6, 6.07) is 1.94. The zero-order valence-corrected chi connectivity index (χ0v) is 9.44. The number of aliphatic hydroxyl groups excluding tert-OH is 2. The maximum Gasteiger partial charge on any atom is 0.0582 e. The molecular weight excluding hydrogens is 246 g/mol. The molecule has 0 bridgehead atoms. The van der Waals surface area contributed by atoms with Gasteiger partial charge in [0.2, 0.25) is 0 Å². The number of aromatic nitrogens is 1. The van der Waals surface area contributed by atoms with Crippen LogP contribution in [0.3, 0.4) is 0 Å². The lowest BCUT2D eigenvalue weighted by molar-refractivity contribution is 0.150. The van der Waals surface area contributed by atoms with Crippen LogP contribution in [-0.4, -0.2) is 27.9 Å². The van der Waals surface area contributed by atoms with Gasteiger partial charge in [0.25, 0.3) is 0 Å². The minimum atomic E-state index is -0.391. The fourth-order valence-electron chi connectivity index (χ4n) is 1.27. The van der Waals surface area contributed by atoms with Crippen LogP contribution in [0.1, 0.15) is 18.4 Å². The van der Waals surface area contributed by atoms with Crippen molar-refractivity contribution in [2.24, 2.45) is 0 Å². The smallest absolute Gasteiger partial charge is 0.0582 e. The van der Waals surface area contributed by atoms with Gasteiger partial charge in [-0.15, -0.1) is 0 Å². The average Bonchev–Trinajstić information content (AvgIpc) is 2.15. The van der Waals surface area contributed by atoms with Gasteiger partial charge >= 0.3 is 0 Å². The van der Waals surface area contributed by atoms with E-state index in [9.17, 15) is 5.11 Å². The van der Waals surface area contributed by atoms with Crippen LogP contribution in [0.25, 0.3) is 0 Å². The van der Waals surface area contributed by atoms with Gasteiger partial charge in [0, 0.05) is 23.5 Å². The van der Waals surface area contributed by atoms with E-state index < -0.39 is 6.10 Å². The van der Waals surface area contributed by atoms with Crippen LogP contribution in [0.2, 0.25) is 0 Å². The minimum absolute atomic E-state index is 0.133. The van der Waals surface area contributed by atoms with Crippen molar-refractivity contribution in [3.05, 3.63) is 28.5 Å². The number of hydrogen-bond acceptors (Lipinski definition) is 3. The van der Waals surface area contributed by atoms with E-state index in [4.69, 9.17) is 5.11 Å². The summed E-state index contributed by atoms with van der Waals surface area (Å²) in [5.74, 6) is 0. The van der Waals surface area contributed by atoms with Crippen LogP contribution in [0.4, 0.5) is 0 Å². The third-order valence-corrected chi connectivity index (χ3v) is 2.36. The first-order valence-electron chi connectivity index (χ1n) is 4.60. The lowest BCUT2D eigenvalue weighted by Crippen LogP contribution is -2.11. The third kappa shape index (κ3) is 4.17. The zero-order chi connectivity index (χ0) is 10.4. The number of halogens is 1. The summed E-state index contributed by atoms with van der Waals surface area (Å²) in [4.78, 5) is 4.01. The molecule has 0 radical (unpaired) electrons. The molecule has 1 unspecified atom stereocenters. The standard InChI is InChI=1S/C10H14BrNO2/c11-9-4-8(6-12-7-9)5-10(14)2-1-3-13/h4,6-7,10,13-14H,1-3,5H2. The summed E-state index contributed by atoms with van der Waals surface area (Å²) in [7, 11) is 0. The summed E-state index contributed by atoms with van der Waals surface area (Å²) in [6.45, 7) is 0.133. The number of rotatable bonds is 5. The lowest BCUT2D eigenvalue weighted by Gasteiger charge is -2.09. The van der Waals surface area contributed by atoms with Gasteiger partial charge in [-0.1, -0.05) is 0 Å². The Bertz CT molecular complexity index is 281. The summed E-state index contributed by atoms with van der Waals surface area (Å²) < 4.78 is 0.921. The summed E-state index contributed by atoms with van der Waals surface area (Å²) in [5.41, 5.74) is 1.00. The van der Waals surface area contributed by atoms with Crippen LogP contribution in [0, 0.1) is 0 Å². The number of pyridine rings is 1. The van der Waals surface area contributed by atoms with Crippen molar-refractivity contribution in [1.82, 2.24) is 4.98 Å². The van der Waals surface area contributed by atoms with Crippen LogP contribution < -0.4 is 0 Å². The van der Waals surface area contributed by atoms with E-state index in [1.54, 1.807) is 12.4 Å². The molecule has 0 amide bonds. The number of aliphatic hydroxyl groups is 2. The van der Waals surface area contributed by atoms with E-state index in [2.05, 4.69) is 20.9 Å². The monoisotopic (exact) mass is 259 g/mol. The Labute approximate surface area is 91.9 Å². The second-order valence-electron chi connectivity index (χ2n) is 3.24. The second kappa shape index (κ2) is 6.11. The first-order valence-corrected chi connectivity index (χ1v) is 5.40. The number of hydrogen-bond donors (Lipinski definition) is 2. The van der Waals surface area contributed by atoms with E-state index in [0.29, 0.717) is 19.3 Å². The van der Waals surface area contributed by atoms with E-state index >= 15 is 0 Å². The van der Waals surface area contributed by atoms with Crippen molar-refractivity contribution < 1.29 is 10.2 Å². The Hall–Kier alpha value is -0.450. The van der Waals surface area contributed by atoms with E-state index in [1.165, 1.54) is 0 Å². The number of nitrogens with zero attached hydrogens (tertiary/aromatic N) is 1. The molecular formula is C10H14BrNO2. The highest BCUT2D eigenvalue weighted by Crippen LogP contribution is 2.12. The molecule has 0 aliphatic carbocycles. The minimum Gasteiger partial charge on any atom is -0.396 e. The predicted molar refractivity (Wildman–Crippen MR) is 58.0 cm³/mol. The van der Waals surface area contributed by atoms with E-state index in [-0.39, 0.29) is 6.61 Å². The second-order valence-corrected chi connectivity index (χ2v) is 4.15. The van der Waals surface area contributed by atoms with Crippen molar-refractivity contribution in [2.45, 2.75) is 25.4 Å². The maximum atomic E-state index is 9.57. The topological polar surface area (TPSA) is 53.4 Å². The maximum absolute atomic E-state index is 9.57. The van der Waals surface area contributed by atoms with Gasteiger partial charge in [-0.25, -0.2) is 0 Å². The van der Waals surface area contributed by atoms with Crippen LogP contribution in [-0.2, 0) is 6.42 Å². The molecule has 0 aliphatic heterocycles. The molecule has 0 spiro atoms. The molecule has 14 heavy (non-hydrogen) atoms. The highest BCUT2D eigenvalue weighted by molar-refractivity contribution is 9.10. The zero-order valence-electron chi connectivity index (χ0n) is 7.86. The van der Waals surface area contributed by atoms with Gasteiger partial charge in [0.15, 0.2) is 0 Å². The van der Waals surface area contributed by atoms with Crippen molar-refractivity contribution >= 4 is 15.9 Å². The van der Waals surface area contributed by atoms with Crippen LogP contribution >= 0.6 is 15.9 Å². The predicted octanol–water partition coefficient (Wildman–Crippen LogP) is 1.52. The molecule has 2 N–H and O–H groups in total. The Balaban J connectivity index is 2.43. The SMILES string of the molecule is OCCCC(O)Cc1cncc(Br)c1. The molecule has 1 aromatic rings. The molecule has 4 heteroatoms.